The SMILES string of the molecule is CC(CC(N)=O)c1ccc(-c2ccccc2Cl)cc1. The summed E-state index contributed by atoms with van der Waals surface area (Å²) >= 11 is 6.17. The Morgan fingerprint density at radius 3 is 2.37 bits per heavy atom. The summed E-state index contributed by atoms with van der Waals surface area (Å²) in [5.41, 5.74) is 8.40. The van der Waals surface area contributed by atoms with Gasteiger partial charge in [0.2, 0.25) is 5.91 Å². The summed E-state index contributed by atoms with van der Waals surface area (Å²) < 4.78 is 0. The number of benzene rings is 2. The highest BCUT2D eigenvalue weighted by atomic mass is 35.5. The van der Waals surface area contributed by atoms with Gasteiger partial charge in [0.05, 0.1) is 0 Å². The molecule has 0 saturated carbocycles. The number of amides is 1. The van der Waals surface area contributed by atoms with Crippen molar-refractivity contribution in [1.82, 2.24) is 0 Å². The molecule has 19 heavy (non-hydrogen) atoms. The predicted molar refractivity (Wildman–Crippen MR) is 79.1 cm³/mol. The summed E-state index contributed by atoms with van der Waals surface area (Å²) in [5.74, 6) is -0.138. The van der Waals surface area contributed by atoms with Gasteiger partial charge in [-0.1, -0.05) is 61.0 Å². The van der Waals surface area contributed by atoms with Crippen LogP contribution in [0.15, 0.2) is 48.5 Å². The molecule has 0 aromatic heterocycles. The molecule has 2 N–H and O–H groups in total. The number of halogens is 1. The third-order valence-corrected chi connectivity index (χ3v) is 3.50. The van der Waals surface area contributed by atoms with Crippen LogP contribution in [0.3, 0.4) is 0 Å². The van der Waals surface area contributed by atoms with Gasteiger partial charge in [-0.3, -0.25) is 4.79 Å². The molecule has 0 spiro atoms. The number of hydrogen-bond acceptors (Lipinski definition) is 1. The molecule has 1 amide bonds. The van der Waals surface area contributed by atoms with E-state index in [0.717, 1.165) is 21.7 Å². The van der Waals surface area contributed by atoms with Crippen LogP contribution in [0.25, 0.3) is 11.1 Å². The molecule has 1 atom stereocenters. The number of carbonyl (C=O) groups excluding carboxylic acids is 1. The summed E-state index contributed by atoms with van der Waals surface area (Å²) in [7, 11) is 0. The molecule has 2 nitrogen and oxygen atoms in total. The van der Waals surface area contributed by atoms with Crippen LogP contribution in [0.4, 0.5) is 0 Å². The van der Waals surface area contributed by atoms with Gasteiger partial charge in [0.25, 0.3) is 0 Å². The van der Waals surface area contributed by atoms with Crippen molar-refractivity contribution in [3.63, 3.8) is 0 Å². The Labute approximate surface area is 118 Å². The predicted octanol–water partition coefficient (Wildman–Crippen LogP) is 3.99. The lowest BCUT2D eigenvalue weighted by Gasteiger charge is -2.11. The molecular formula is C16H16ClNO. The Kier molecular flexibility index (Phi) is 4.23. The minimum atomic E-state index is -0.275. The summed E-state index contributed by atoms with van der Waals surface area (Å²) in [4.78, 5) is 10.9. The smallest absolute Gasteiger partial charge is 0.218 e. The summed E-state index contributed by atoms with van der Waals surface area (Å²) in [6, 6.07) is 15.8. The normalized spacial score (nSPS) is 12.1. The summed E-state index contributed by atoms with van der Waals surface area (Å²) in [5, 5.41) is 0.737. The van der Waals surface area contributed by atoms with Crippen molar-refractivity contribution in [2.24, 2.45) is 5.73 Å². The lowest BCUT2D eigenvalue weighted by Crippen LogP contribution is -2.13. The van der Waals surface area contributed by atoms with Crippen molar-refractivity contribution in [2.75, 3.05) is 0 Å². The van der Waals surface area contributed by atoms with E-state index in [1.54, 1.807) is 0 Å². The zero-order chi connectivity index (χ0) is 13.8. The van der Waals surface area contributed by atoms with E-state index >= 15 is 0 Å². The first kappa shape index (κ1) is 13.6. The van der Waals surface area contributed by atoms with Crippen molar-refractivity contribution >= 4 is 17.5 Å². The fourth-order valence-electron chi connectivity index (χ4n) is 2.11. The fourth-order valence-corrected chi connectivity index (χ4v) is 2.35. The third-order valence-electron chi connectivity index (χ3n) is 3.17. The Balaban J connectivity index is 2.24. The zero-order valence-corrected chi connectivity index (χ0v) is 11.5. The monoisotopic (exact) mass is 273 g/mol. The van der Waals surface area contributed by atoms with Crippen LogP contribution in [0.2, 0.25) is 5.02 Å². The fraction of sp³-hybridized carbons (Fsp3) is 0.188. The summed E-state index contributed by atoms with van der Waals surface area (Å²) in [6.07, 6.45) is 0.367. The van der Waals surface area contributed by atoms with Crippen LogP contribution in [0.1, 0.15) is 24.8 Å². The van der Waals surface area contributed by atoms with Gasteiger partial charge in [-0.15, -0.1) is 0 Å². The Bertz CT molecular complexity index is 578. The molecule has 0 aliphatic rings. The molecule has 3 heteroatoms. The van der Waals surface area contributed by atoms with E-state index in [9.17, 15) is 4.79 Å². The van der Waals surface area contributed by atoms with E-state index in [0.29, 0.717) is 6.42 Å². The molecule has 0 bridgehead atoms. The molecule has 0 fully saturated rings. The van der Waals surface area contributed by atoms with E-state index in [4.69, 9.17) is 17.3 Å². The van der Waals surface area contributed by atoms with Crippen molar-refractivity contribution in [3.05, 3.63) is 59.1 Å². The van der Waals surface area contributed by atoms with Crippen molar-refractivity contribution in [2.45, 2.75) is 19.3 Å². The Morgan fingerprint density at radius 2 is 1.79 bits per heavy atom. The van der Waals surface area contributed by atoms with E-state index < -0.39 is 0 Å². The highest BCUT2D eigenvalue weighted by Crippen LogP contribution is 2.29. The van der Waals surface area contributed by atoms with E-state index in [2.05, 4.69) is 0 Å². The van der Waals surface area contributed by atoms with Gasteiger partial charge >= 0.3 is 0 Å². The topological polar surface area (TPSA) is 43.1 Å². The lowest BCUT2D eigenvalue weighted by molar-refractivity contribution is -0.118. The van der Waals surface area contributed by atoms with Gasteiger partial charge in [-0.25, -0.2) is 0 Å². The maximum absolute atomic E-state index is 10.9. The average Bonchev–Trinajstić information content (AvgIpc) is 2.39. The van der Waals surface area contributed by atoms with Crippen molar-refractivity contribution < 1.29 is 4.79 Å². The zero-order valence-electron chi connectivity index (χ0n) is 10.8. The maximum atomic E-state index is 10.9. The highest BCUT2D eigenvalue weighted by Gasteiger charge is 2.09. The van der Waals surface area contributed by atoms with Crippen LogP contribution in [0, 0.1) is 0 Å². The number of nitrogens with two attached hydrogens (primary N) is 1. The quantitative estimate of drug-likeness (QED) is 0.899. The molecule has 0 aliphatic carbocycles. The van der Waals surface area contributed by atoms with Crippen LogP contribution in [-0.2, 0) is 4.79 Å². The van der Waals surface area contributed by atoms with Crippen LogP contribution >= 0.6 is 11.6 Å². The molecule has 0 saturated heterocycles. The average molecular weight is 274 g/mol. The second kappa shape index (κ2) is 5.89. The van der Waals surface area contributed by atoms with Crippen molar-refractivity contribution in [1.29, 1.82) is 0 Å². The second-order valence-corrected chi connectivity index (χ2v) is 5.08. The van der Waals surface area contributed by atoms with E-state index in [1.807, 2.05) is 55.5 Å². The number of hydrogen-bond donors (Lipinski definition) is 1. The molecule has 0 radical (unpaired) electrons. The maximum Gasteiger partial charge on any atom is 0.218 e. The minimum absolute atomic E-state index is 0.137. The first-order valence-corrected chi connectivity index (χ1v) is 6.59. The molecule has 0 heterocycles. The van der Waals surface area contributed by atoms with E-state index in [-0.39, 0.29) is 11.8 Å². The number of carbonyl (C=O) groups is 1. The molecular weight excluding hydrogens is 258 g/mol. The van der Waals surface area contributed by atoms with E-state index in [1.165, 1.54) is 0 Å². The minimum Gasteiger partial charge on any atom is -0.370 e. The third kappa shape index (κ3) is 3.36. The molecule has 2 aromatic rings. The Morgan fingerprint density at radius 1 is 1.16 bits per heavy atom. The largest absolute Gasteiger partial charge is 0.370 e. The molecule has 98 valence electrons. The second-order valence-electron chi connectivity index (χ2n) is 4.67. The van der Waals surface area contributed by atoms with Gasteiger partial charge in [0.15, 0.2) is 0 Å². The van der Waals surface area contributed by atoms with Gasteiger partial charge in [-0.05, 0) is 23.1 Å². The first-order chi connectivity index (χ1) is 9.08. The van der Waals surface area contributed by atoms with Gasteiger partial charge in [-0.2, -0.15) is 0 Å². The molecule has 0 aliphatic heterocycles. The van der Waals surface area contributed by atoms with Gasteiger partial charge < -0.3 is 5.73 Å². The summed E-state index contributed by atoms with van der Waals surface area (Å²) in [6.45, 7) is 2.00. The van der Waals surface area contributed by atoms with Crippen molar-refractivity contribution in [3.8, 4) is 11.1 Å². The number of primary amides is 1. The highest BCUT2D eigenvalue weighted by molar-refractivity contribution is 6.33. The lowest BCUT2D eigenvalue weighted by atomic mass is 9.95. The molecule has 2 rings (SSSR count). The number of rotatable bonds is 4. The van der Waals surface area contributed by atoms with Crippen LogP contribution < -0.4 is 5.73 Å². The van der Waals surface area contributed by atoms with Gasteiger partial charge in [0.1, 0.15) is 0 Å². The Hall–Kier alpha value is -1.80. The van der Waals surface area contributed by atoms with Crippen LogP contribution in [0.5, 0.6) is 0 Å². The molecule has 1 unspecified atom stereocenters. The molecule has 2 aromatic carbocycles. The van der Waals surface area contributed by atoms with Gasteiger partial charge in [0, 0.05) is 17.0 Å². The van der Waals surface area contributed by atoms with Crippen LogP contribution in [-0.4, -0.2) is 5.91 Å². The first-order valence-electron chi connectivity index (χ1n) is 6.21. The standard InChI is InChI=1S/C16H16ClNO/c1-11(10-16(18)19)12-6-8-13(9-7-12)14-4-2-3-5-15(14)17/h2-9,11H,10H2,1H3,(H2,18,19).